The first-order valence-corrected chi connectivity index (χ1v) is 9.29. The number of carbonyl (C=O) groups is 4. The van der Waals surface area contributed by atoms with Crippen LogP contribution in [0.3, 0.4) is 0 Å². The summed E-state index contributed by atoms with van der Waals surface area (Å²) in [5.74, 6) is -1.95. The minimum absolute atomic E-state index is 0.0588. The van der Waals surface area contributed by atoms with Crippen LogP contribution in [0.1, 0.15) is 53.4 Å². The number of hydrogen-bond donors (Lipinski definition) is 0. The molecule has 8 heteroatoms. The molecule has 0 saturated heterocycles. The Kier molecular flexibility index (Phi) is 6.58. The lowest BCUT2D eigenvalue weighted by Crippen LogP contribution is -2.31. The molecule has 0 spiro atoms. The number of methoxy groups -OCH3 is 2. The highest BCUT2D eigenvalue weighted by atomic mass is 16.5. The molecular formula is C22H21NO7. The number of ether oxygens (including phenoxy) is 3. The van der Waals surface area contributed by atoms with E-state index in [2.05, 4.69) is 4.74 Å². The van der Waals surface area contributed by atoms with Crippen LogP contribution < -0.4 is 0 Å². The van der Waals surface area contributed by atoms with E-state index in [4.69, 9.17) is 9.47 Å². The molecule has 0 bridgehead atoms. The Labute approximate surface area is 173 Å². The van der Waals surface area contributed by atoms with Gasteiger partial charge in [0.2, 0.25) is 0 Å². The zero-order valence-electron chi connectivity index (χ0n) is 16.7. The van der Waals surface area contributed by atoms with E-state index in [-0.39, 0.29) is 35.7 Å². The topological polar surface area (TPSA) is 99.2 Å². The summed E-state index contributed by atoms with van der Waals surface area (Å²) in [5.41, 5.74) is 1.57. The molecule has 8 nitrogen and oxygen atoms in total. The van der Waals surface area contributed by atoms with Gasteiger partial charge >= 0.3 is 11.9 Å². The molecule has 0 aromatic heterocycles. The van der Waals surface area contributed by atoms with Gasteiger partial charge in [-0.25, -0.2) is 9.59 Å². The third kappa shape index (κ3) is 4.38. The van der Waals surface area contributed by atoms with Crippen molar-refractivity contribution in [1.29, 1.82) is 0 Å². The zero-order chi connectivity index (χ0) is 21.7. The highest BCUT2D eigenvalue weighted by Gasteiger charge is 2.35. The summed E-state index contributed by atoms with van der Waals surface area (Å²) in [5, 5.41) is 0. The maximum atomic E-state index is 12.6. The van der Waals surface area contributed by atoms with Gasteiger partial charge in [-0.3, -0.25) is 14.5 Å². The Morgan fingerprint density at radius 1 is 0.900 bits per heavy atom. The fraction of sp³-hybridized carbons (Fsp3) is 0.273. The number of carbonyl (C=O) groups excluding carboxylic acids is 4. The van der Waals surface area contributed by atoms with Crippen LogP contribution in [0, 0.1) is 0 Å². The van der Waals surface area contributed by atoms with Crippen LogP contribution in [-0.4, -0.2) is 56.0 Å². The summed E-state index contributed by atoms with van der Waals surface area (Å²) >= 11 is 0. The minimum atomic E-state index is -0.639. The van der Waals surface area contributed by atoms with Gasteiger partial charge in [0.15, 0.2) is 0 Å². The average molecular weight is 411 g/mol. The number of imide groups is 1. The molecular weight excluding hydrogens is 390 g/mol. The van der Waals surface area contributed by atoms with E-state index < -0.39 is 17.8 Å². The predicted octanol–water partition coefficient (Wildman–Crippen LogP) is 2.46. The molecule has 0 N–H and O–H groups in total. The third-order valence-electron chi connectivity index (χ3n) is 4.65. The van der Waals surface area contributed by atoms with Gasteiger partial charge in [0.1, 0.15) is 6.61 Å². The largest absolute Gasteiger partial charge is 0.465 e. The van der Waals surface area contributed by atoms with Gasteiger partial charge in [-0.2, -0.15) is 0 Å². The highest BCUT2D eigenvalue weighted by Crippen LogP contribution is 2.24. The molecule has 0 saturated carbocycles. The van der Waals surface area contributed by atoms with E-state index in [0.717, 1.165) is 4.90 Å². The molecule has 2 aromatic rings. The number of esters is 2. The van der Waals surface area contributed by atoms with Crippen molar-refractivity contribution in [1.82, 2.24) is 4.90 Å². The summed E-state index contributed by atoms with van der Waals surface area (Å²) in [6.07, 6.45) is 0.529. The molecule has 0 fully saturated rings. The van der Waals surface area contributed by atoms with Crippen LogP contribution in [0.2, 0.25) is 0 Å². The second-order valence-corrected chi connectivity index (χ2v) is 6.64. The molecule has 156 valence electrons. The molecule has 1 heterocycles. The van der Waals surface area contributed by atoms with Crippen LogP contribution in [0.15, 0.2) is 42.5 Å². The van der Waals surface area contributed by atoms with Crippen LogP contribution in [0.5, 0.6) is 0 Å². The normalized spacial score (nSPS) is 12.7. The Hall–Kier alpha value is -3.52. The van der Waals surface area contributed by atoms with Crippen molar-refractivity contribution in [2.24, 2.45) is 0 Å². The van der Waals surface area contributed by atoms with Crippen molar-refractivity contribution in [3.63, 3.8) is 0 Å². The van der Waals surface area contributed by atoms with E-state index in [1.807, 2.05) is 0 Å². The van der Waals surface area contributed by atoms with E-state index >= 15 is 0 Å². The van der Waals surface area contributed by atoms with Crippen molar-refractivity contribution < 1.29 is 33.4 Å². The fourth-order valence-electron chi connectivity index (χ4n) is 3.13. The Balaban J connectivity index is 1.69. The number of amides is 2. The molecule has 0 aliphatic carbocycles. The van der Waals surface area contributed by atoms with E-state index in [0.29, 0.717) is 24.2 Å². The number of nitrogens with zero attached hydrogens (tertiary/aromatic N) is 1. The van der Waals surface area contributed by atoms with Gasteiger partial charge in [0, 0.05) is 20.3 Å². The molecule has 1 aliphatic heterocycles. The molecule has 30 heavy (non-hydrogen) atoms. The second-order valence-electron chi connectivity index (χ2n) is 6.64. The van der Waals surface area contributed by atoms with E-state index in [1.165, 1.54) is 25.3 Å². The summed E-state index contributed by atoms with van der Waals surface area (Å²) in [6, 6.07) is 10.8. The second kappa shape index (κ2) is 9.32. The zero-order valence-corrected chi connectivity index (χ0v) is 16.7. The predicted molar refractivity (Wildman–Crippen MR) is 105 cm³/mol. The number of rotatable bonds is 8. The van der Waals surface area contributed by atoms with Gasteiger partial charge in [-0.1, -0.05) is 12.1 Å². The summed E-state index contributed by atoms with van der Waals surface area (Å²) in [6.45, 7) is 0.620. The number of benzene rings is 2. The molecule has 3 rings (SSSR count). The highest BCUT2D eigenvalue weighted by molar-refractivity contribution is 6.21. The monoisotopic (exact) mass is 411 g/mol. The summed E-state index contributed by atoms with van der Waals surface area (Å²) in [4.78, 5) is 50.2. The number of fused-ring (bicyclic) bond motifs is 1. The SMILES string of the molecule is COCCCN1C(=O)c2ccc(C(=O)OCc3cccc(C(=O)OC)c3)cc2C1=O. The lowest BCUT2D eigenvalue weighted by atomic mass is 10.1. The van der Waals surface area contributed by atoms with Crippen molar-refractivity contribution >= 4 is 23.8 Å². The number of hydrogen-bond acceptors (Lipinski definition) is 7. The lowest BCUT2D eigenvalue weighted by Gasteiger charge is -2.12. The smallest absolute Gasteiger partial charge is 0.338 e. The summed E-state index contributed by atoms with van der Waals surface area (Å²) in [7, 11) is 2.83. The Morgan fingerprint density at radius 2 is 1.63 bits per heavy atom. The van der Waals surface area contributed by atoms with Gasteiger partial charge in [0.05, 0.1) is 29.4 Å². The maximum Gasteiger partial charge on any atom is 0.338 e. The molecule has 2 amide bonds. The van der Waals surface area contributed by atoms with Gasteiger partial charge < -0.3 is 14.2 Å². The van der Waals surface area contributed by atoms with Crippen molar-refractivity contribution in [2.45, 2.75) is 13.0 Å². The van der Waals surface area contributed by atoms with Crippen molar-refractivity contribution in [3.8, 4) is 0 Å². The first-order chi connectivity index (χ1) is 14.5. The average Bonchev–Trinajstić information content (AvgIpc) is 3.01. The first kappa shape index (κ1) is 21.2. The fourth-order valence-corrected chi connectivity index (χ4v) is 3.13. The molecule has 1 aliphatic rings. The molecule has 0 atom stereocenters. The molecule has 0 radical (unpaired) electrons. The van der Waals surface area contributed by atoms with Crippen LogP contribution in [0.25, 0.3) is 0 Å². The van der Waals surface area contributed by atoms with E-state index in [1.54, 1.807) is 31.4 Å². The van der Waals surface area contributed by atoms with Crippen molar-refractivity contribution in [2.75, 3.05) is 27.4 Å². The maximum absolute atomic E-state index is 12.6. The summed E-state index contributed by atoms with van der Waals surface area (Å²) < 4.78 is 14.9. The van der Waals surface area contributed by atoms with Crippen LogP contribution in [-0.2, 0) is 20.8 Å². The first-order valence-electron chi connectivity index (χ1n) is 9.29. The van der Waals surface area contributed by atoms with Crippen LogP contribution >= 0.6 is 0 Å². The lowest BCUT2D eigenvalue weighted by molar-refractivity contribution is 0.0472. The molecule has 2 aromatic carbocycles. The minimum Gasteiger partial charge on any atom is -0.465 e. The van der Waals surface area contributed by atoms with E-state index in [9.17, 15) is 19.2 Å². The van der Waals surface area contributed by atoms with Crippen LogP contribution in [0.4, 0.5) is 0 Å². The van der Waals surface area contributed by atoms with Gasteiger partial charge in [0.25, 0.3) is 11.8 Å². The van der Waals surface area contributed by atoms with Gasteiger partial charge in [-0.15, -0.1) is 0 Å². The standard InChI is InChI=1S/C22H21NO7/c1-28-10-4-9-23-19(24)17-8-7-16(12-18(17)20(23)25)22(27)30-13-14-5-3-6-15(11-14)21(26)29-2/h3,5-8,11-12H,4,9-10,13H2,1-2H3. The Morgan fingerprint density at radius 3 is 2.37 bits per heavy atom. The van der Waals surface area contributed by atoms with Crippen molar-refractivity contribution in [3.05, 3.63) is 70.3 Å². The molecule has 0 unspecified atom stereocenters. The quantitative estimate of drug-likeness (QED) is 0.374. The Bertz CT molecular complexity index is 999. The third-order valence-corrected chi connectivity index (χ3v) is 4.65. The van der Waals surface area contributed by atoms with Gasteiger partial charge in [-0.05, 0) is 42.3 Å².